The Balaban J connectivity index is 1.83. The van der Waals surface area contributed by atoms with Gasteiger partial charge in [0.05, 0.1) is 10.4 Å². The predicted octanol–water partition coefficient (Wildman–Crippen LogP) is 4.04. The van der Waals surface area contributed by atoms with Gasteiger partial charge in [-0.2, -0.15) is 0 Å². The first-order chi connectivity index (χ1) is 8.72. The normalized spacial score (nSPS) is 27.8. The van der Waals surface area contributed by atoms with Crippen molar-refractivity contribution < 1.29 is 5.11 Å². The minimum Gasteiger partial charge on any atom is -0.387 e. The highest BCUT2D eigenvalue weighted by molar-refractivity contribution is 9.10. The van der Waals surface area contributed by atoms with Crippen LogP contribution in [0.25, 0.3) is 0 Å². The maximum Gasteiger partial charge on any atom is 0.0949 e. The molecule has 2 aromatic rings. The first-order valence-corrected chi connectivity index (χ1v) is 6.98. The molecule has 0 saturated heterocycles. The lowest BCUT2D eigenvalue weighted by Crippen LogP contribution is -2.15. The molecule has 0 amide bonds. The molecule has 1 saturated carbocycles. The van der Waals surface area contributed by atoms with Crippen molar-refractivity contribution >= 4 is 15.9 Å². The minimum absolute atomic E-state index is 0.199. The van der Waals surface area contributed by atoms with Gasteiger partial charge < -0.3 is 5.11 Å². The first kappa shape index (κ1) is 11.9. The van der Waals surface area contributed by atoms with Crippen LogP contribution in [-0.2, 0) is 0 Å². The van der Waals surface area contributed by atoms with Crippen molar-refractivity contribution in [2.45, 2.75) is 22.8 Å². The van der Waals surface area contributed by atoms with Gasteiger partial charge in [-0.15, -0.1) is 0 Å². The minimum atomic E-state index is -0.455. The second kappa shape index (κ2) is 4.52. The van der Waals surface area contributed by atoms with Gasteiger partial charge in [-0.05, 0) is 17.5 Å². The molecule has 3 rings (SSSR count). The van der Waals surface area contributed by atoms with E-state index >= 15 is 0 Å². The van der Waals surface area contributed by atoms with Crippen LogP contribution in [0.5, 0.6) is 0 Å². The molecule has 92 valence electrons. The lowest BCUT2D eigenvalue weighted by Gasteiger charge is -2.18. The van der Waals surface area contributed by atoms with E-state index in [0.29, 0.717) is 5.92 Å². The highest BCUT2D eigenvalue weighted by Crippen LogP contribution is 2.63. The van der Waals surface area contributed by atoms with E-state index in [1.54, 1.807) is 0 Å². The van der Waals surface area contributed by atoms with Gasteiger partial charge in [-0.25, -0.2) is 0 Å². The van der Waals surface area contributed by atoms with Crippen molar-refractivity contribution in [1.82, 2.24) is 0 Å². The summed E-state index contributed by atoms with van der Waals surface area (Å²) in [5.41, 5.74) is 2.28. The van der Waals surface area contributed by atoms with Crippen LogP contribution >= 0.6 is 15.9 Å². The largest absolute Gasteiger partial charge is 0.387 e. The van der Waals surface area contributed by atoms with Crippen molar-refractivity contribution in [2.75, 3.05) is 0 Å². The summed E-state index contributed by atoms with van der Waals surface area (Å²) in [6, 6.07) is 20.3. The van der Waals surface area contributed by atoms with Crippen molar-refractivity contribution in [3.05, 3.63) is 71.8 Å². The molecule has 0 heterocycles. The Morgan fingerprint density at radius 2 is 1.56 bits per heavy atom. The molecule has 0 aromatic heterocycles. The lowest BCUT2D eigenvalue weighted by molar-refractivity contribution is 0.167. The van der Waals surface area contributed by atoms with E-state index in [-0.39, 0.29) is 4.32 Å². The van der Waals surface area contributed by atoms with Crippen LogP contribution in [0, 0.1) is 0 Å². The third-order valence-corrected chi connectivity index (χ3v) is 5.02. The quantitative estimate of drug-likeness (QED) is 0.848. The lowest BCUT2D eigenvalue weighted by atomic mass is 10.0. The van der Waals surface area contributed by atoms with Crippen LogP contribution in [0.1, 0.15) is 29.6 Å². The number of benzene rings is 2. The number of aliphatic hydroxyl groups excluding tert-OH is 1. The molecule has 0 bridgehead atoms. The van der Waals surface area contributed by atoms with Crippen LogP contribution in [0.2, 0.25) is 0 Å². The van der Waals surface area contributed by atoms with Gasteiger partial charge in [0.25, 0.3) is 0 Å². The molecule has 1 aliphatic carbocycles. The van der Waals surface area contributed by atoms with Gasteiger partial charge in [0, 0.05) is 5.92 Å². The second-order valence-corrected chi connectivity index (χ2v) is 6.38. The zero-order valence-electron chi connectivity index (χ0n) is 9.96. The molecule has 3 unspecified atom stereocenters. The molecule has 0 aliphatic heterocycles. The Bertz CT molecular complexity index is 525. The molecule has 3 atom stereocenters. The number of hydrogen-bond acceptors (Lipinski definition) is 1. The Morgan fingerprint density at radius 3 is 2.17 bits per heavy atom. The first-order valence-electron chi connectivity index (χ1n) is 6.19. The van der Waals surface area contributed by atoms with E-state index in [2.05, 4.69) is 40.2 Å². The smallest absolute Gasteiger partial charge is 0.0949 e. The Kier molecular flexibility index (Phi) is 3.00. The monoisotopic (exact) mass is 302 g/mol. The number of rotatable bonds is 3. The summed E-state index contributed by atoms with van der Waals surface area (Å²) in [6.07, 6.45) is 0.525. The van der Waals surface area contributed by atoms with Crippen LogP contribution in [-0.4, -0.2) is 9.43 Å². The molecule has 1 fully saturated rings. The zero-order valence-corrected chi connectivity index (χ0v) is 11.5. The summed E-state index contributed by atoms with van der Waals surface area (Å²) in [5, 5.41) is 10.5. The summed E-state index contributed by atoms with van der Waals surface area (Å²) >= 11 is 3.74. The summed E-state index contributed by atoms with van der Waals surface area (Å²) in [4.78, 5) is 0. The van der Waals surface area contributed by atoms with E-state index in [9.17, 15) is 5.11 Å². The Morgan fingerprint density at radius 1 is 1.00 bits per heavy atom. The van der Waals surface area contributed by atoms with E-state index in [0.717, 1.165) is 12.0 Å². The van der Waals surface area contributed by atoms with Crippen molar-refractivity contribution in [2.24, 2.45) is 0 Å². The molecule has 0 radical (unpaired) electrons. The van der Waals surface area contributed by atoms with E-state index < -0.39 is 6.10 Å². The van der Waals surface area contributed by atoms with Crippen LogP contribution in [0.3, 0.4) is 0 Å². The molecular weight excluding hydrogens is 288 g/mol. The van der Waals surface area contributed by atoms with Gasteiger partial charge in [0.15, 0.2) is 0 Å². The molecular formula is C16H15BrO. The maximum absolute atomic E-state index is 10.5. The third-order valence-electron chi connectivity index (χ3n) is 3.71. The van der Waals surface area contributed by atoms with Gasteiger partial charge >= 0.3 is 0 Å². The van der Waals surface area contributed by atoms with Gasteiger partial charge in [0.2, 0.25) is 0 Å². The number of alkyl halides is 1. The Hall–Kier alpha value is -1.12. The average Bonchev–Trinajstić information content (AvgIpc) is 3.14. The topological polar surface area (TPSA) is 20.2 Å². The van der Waals surface area contributed by atoms with E-state index in [4.69, 9.17) is 0 Å². The summed E-state index contributed by atoms with van der Waals surface area (Å²) < 4.78 is -0.199. The summed E-state index contributed by atoms with van der Waals surface area (Å²) in [5.74, 6) is 0.397. The average molecular weight is 303 g/mol. The fourth-order valence-corrected chi connectivity index (χ4v) is 3.40. The second-order valence-electron chi connectivity index (χ2n) is 4.91. The van der Waals surface area contributed by atoms with E-state index in [1.165, 1.54) is 5.56 Å². The van der Waals surface area contributed by atoms with Crippen molar-refractivity contribution in [3.8, 4) is 0 Å². The molecule has 1 nitrogen and oxygen atoms in total. The number of aliphatic hydroxyl groups is 1. The van der Waals surface area contributed by atoms with Crippen LogP contribution in [0.15, 0.2) is 60.7 Å². The molecule has 2 heteroatoms. The SMILES string of the molecule is OC(c1ccccc1)C1(Br)CC1c1ccccc1. The fourth-order valence-electron chi connectivity index (χ4n) is 2.55. The van der Waals surface area contributed by atoms with Gasteiger partial charge in [0.1, 0.15) is 0 Å². The van der Waals surface area contributed by atoms with Gasteiger partial charge in [-0.1, -0.05) is 76.6 Å². The summed E-state index contributed by atoms with van der Waals surface area (Å²) in [6.45, 7) is 0. The highest BCUT2D eigenvalue weighted by Gasteiger charge is 2.58. The predicted molar refractivity (Wildman–Crippen MR) is 76.9 cm³/mol. The maximum atomic E-state index is 10.5. The van der Waals surface area contributed by atoms with Crippen LogP contribution < -0.4 is 0 Å². The fraction of sp³-hybridized carbons (Fsp3) is 0.250. The van der Waals surface area contributed by atoms with Crippen molar-refractivity contribution in [3.63, 3.8) is 0 Å². The molecule has 0 spiro atoms. The molecule has 1 aliphatic rings. The van der Waals surface area contributed by atoms with E-state index in [1.807, 2.05) is 36.4 Å². The standard InChI is InChI=1S/C16H15BrO/c17-16(15(18)13-9-5-2-6-10-13)11-14(16)12-7-3-1-4-8-12/h1-10,14-15,18H,11H2. The third kappa shape index (κ3) is 2.00. The van der Waals surface area contributed by atoms with Crippen LogP contribution in [0.4, 0.5) is 0 Å². The van der Waals surface area contributed by atoms with Crippen molar-refractivity contribution in [1.29, 1.82) is 0 Å². The zero-order chi connectivity index (χ0) is 12.6. The molecule has 18 heavy (non-hydrogen) atoms. The number of hydrogen-bond donors (Lipinski definition) is 1. The van der Waals surface area contributed by atoms with Gasteiger partial charge in [-0.3, -0.25) is 0 Å². The molecule has 1 N–H and O–H groups in total. The molecule has 2 aromatic carbocycles. The Labute approximate surface area is 116 Å². The number of halogens is 1. The summed E-state index contributed by atoms with van der Waals surface area (Å²) in [7, 11) is 0. The highest BCUT2D eigenvalue weighted by atomic mass is 79.9.